The van der Waals surface area contributed by atoms with E-state index in [1.54, 1.807) is 131 Å². The van der Waals surface area contributed by atoms with Crippen LogP contribution in [0, 0.1) is 44.0 Å². The van der Waals surface area contributed by atoms with Crippen molar-refractivity contribution in [1.82, 2.24) is 88.5 Å². The number of benzene rings is 6. The molecular weight excluding hydrogens is 1630 g/mol. The second-order valence-corrected chi connectivity index (χ2v) is 31.9. The van der Waals surface area contributed by atoms with Gasteiger partial charge in [0.1, 0.15) is 45.5 Å². The molecule has 0 saturated carbocycles. The number of carbonyl (C=O) groups excluding carboxylic acids is 5. The number of halogens is 5. The highest BCUT2D eigenvalue weighted by Crippen LogP contribution is 2.35. The summed E-state index contributed by atoms with van der Waals surface area (Å²) in [7, 11) is 5.48. The summed E-state index contributed by atoms with van der Waals surface area (Å²) in [4.78, 5) is 104. The second-order valence-electron chi connectivity index (χ2n) is 31.5. The Kier molecular flexibility index (Phi) is 23.9. The zero-order valence-corrected chi connectivity index (χ0v) is 70.6. The predicted octanol–water partition coefficient (Wildman–Crippen LogP) is 17.8. The third-order valence-corrected chi connectivity index (χ3v) is 23.4. The Morgan fingerprint density at radius 2 is 0.858 bits per heavy atom. The maximum atomic E-state index is 14.8. The molecule has 5 aliphatic rings. The molecule has 10 aromatic heterocycles. The summed E-state index contributed by atoms with van der Waals surface area (Å²) in [6, 6.07) is 57.3. The van der Waals surface area contributed by atoms with Crippen molar-refractivity contribution in [3.63, 3.8) is 0 Å². The molecule has 5 amide bonds. The summed E-state index contributed by atoms with van der Waals surface area (Å²) in [6.45, 7) is 9.98. The van der Waals surface area contributed by atoms with Gasteiger partial charge in [0.05, 0.1) is 65.8 Å². The summed E-state index contributed by atoms with van der Waals surface area (Å²) in [6.07, 6.45) is 20.3. The van der Waals surface area contributed by atoms with Crippen molar-refractivity contribution in [3.05, 3.63) is 392 Å². The van der Waals surface area contributed by atoms with Gasteiger partial charge in [-0.25, -0.2) is 27.5 Å². The minimum absolute atomic E-state index is 0.00148. The van der Waals surface area contributed by atoms with E-state index in [-0.39, 0.29) is 72.8 Å². The van der Waals surface area contributed by atoms with Gasteiger partial charge in [-0.3, -0.25) is 63.2 Å². The van der Waals surface area contributed by atoms with Crippen LogP contribution in [-0.4, -0.2) is 118 Å². The normalized spacial score (nSPS) is 13.3. The van der Waals surface area contributed by atoms with Gasteiger partial charge in [0.2, 0.25) is 0 Å². The lowest BCUT2D eigenvalue weighted by atomic mass is 10.00. The highest BCUT2D eigenvalue weighted by Gasteiger charge is 2.34. The van der Waals surface area contributed by atoms with Crippen molar-refractivity contribution >= 4 is 52.2 Å². The molecule has 5 aliphatic heterocycles. The van der Waals surface area contributed by atoms with E-state index in [9.17, 15) is 41.5 Å². The van der Waals surface area contributed by atoms with Gasteiger partial charge in [-0.15, -0.1) is 0 Å². The van der Waals surface area contributed by atoms with E-state index in [1.165, 1.54) is 34.7 Å². The maximum Gasteiger partial charge on any atom is 0.273 e. The van der Waals surface area contributed by atoms with E-state index in [2.05, 4.69) is 100 Å². The lowest BCUT2D eigenvalue weighted by molar-refractivity contribution is 0.0752. The highest BCUT2D eigenvalue weighted by molar-refractivity contribution is 6.30. The zero-order valence-electron chi connectivity index (χ0n) is 69.9. The van der Waals surface area contributed by atoms with Gasteiger partial charge < -0.3 is 29.1 Å². The third kappa shape index (κ3) is 18.0. The molecule has 0 unspecified atom stereocenters. The van der Waals surface area contributed by atoms with Crippen molar-refractivity contribution in [1.29, 1.82) is 0 Å². The third-order valence-electron chi connectivity index (χ3n) is 23.0. The van der Waals surface area contributed by atoms with E-state index in [1.807, 2.05) is 132 Å². The zero-order chi connectivity index (χ0) is 88.3. The number of hydrogen-bond donors (Lipinski definition) is 0. The first-order valence-corrected chi connectivity index (χ1v) is 41.2. The number of nitrogens with zero attached hydrogens (tertiary/aromatic N) is 18. The Bertz CT molecular complexity index is 6960. The smallest absolute Gasteiger partial charge is 0.273 e. The maximum absolute atomic E-state index is 14.8. The molecule has 0 atom stereocenters. The van der Waals surface area contributed by atoms with Gasteiger partial charge in [0.25, 0.3) is 29.5 Å². The number of amides is 5. The summed E-state index contributed by atoms with van der Waals surface area (Å²) in [5, 5.41) is 8.70. The molecule has 0 bridgehead atoms. The summed E-state index contributed by atoms with van der Waals surface area (Å²) >= 11 is 6.02. The fourth-order valence-corrected chi connectivity index (χ4v) is 16.2. The highest BCUT2D eigenvalue weighted by atomic mass is 35.5. The molecule has 0 N–H and O–H groups in total. The Morgan fingerprint density at radius 3 is 1.43 bits per heavy atom. The van der Waals surface area contributed by atoms with E-state index < -0.39 is 17.5 Å². The van der Waals surface area contributed by atoms with Gasteiger partial charge in [-0.1, -0.05) is 103 Å². The van der Waals surface area contributed by atoms with E-state index in [4.69, 9.17) is 11.6 Å². The number of carbonyl (C=O) groups is 5. The number of pyridine rings is 7. The van der Waals surface area contributed by atoms with Crippen LogP contribution in [0.5, 0.6) is 0 Å². The van der Waals surface area contributed by atoms with Crippen LogP contribution in [0.3, 0.4) is 0 Å². The molecule has 632 valence electrons. The molecule has 23 nitrogen and oxygen atoms in total. The van der Waals surface area contributed by atoms with E-state index >= 15 is 0 Å². The first-order chi connectivity index (χ1) is 61.5. The summed E-state index contributed by atoms with van der Waals surface area (Å²) in [5.74, 6) is -2.58. The van der Waals surface area contributed by atoms with Crippen LogP contribution in [0.1, 0.15) is 125 Å². The van der Waals surface area contributed by atoms with Crippen LogP contribution in [0.4, 0.5) is 17.6 Å². The Balaban J connectivity index is 0.000000112. The summed E-state index contributed by atoms with van der Waals surface area (Å²) in [5.41, 5.74) is 23.8. The SMILES string of the molecule is Cc1cc(-c2ccncc2)ccc1CN1Cc2cccnc2C1=O.Cc1cc(-c2cnc(Cl)c(C)c2)ccc1CN1Cc2cccnc2C1=O.Cn1cc(-c2cnc(CN3Cc4cccnc4C3=O)c(F)c2)cn1.Cn1cnc2ccc(-c3cc(F)c(CN4Cc5ncccc5C4=O)c(F)c3)cc21.Cn1nccc1-c1ccc(CN2Cc3ccccc3C2=O)c(F)c1. The predicted molar refractivity (Wildman–Crippen MR) is 471 cm³/mol. The lowest BCUT2D eigenvalue weighted by Gasteiger charge is -2.17. The van der Waals surface area contributed by atoms with Crippen molar-refractivity contribution in [2.24, 2.45) is 21.1 Å². The number of aryl methyl sites for hydroxylation is 6. The van der Waals surface area contributed by atoms with Crippen molar-refractivity contribution in [2.45, 2.75) is 86.2 Å². The van der Waals surface area contributed by atoms with Crippen LogP contribution >= 0.6 is 11.6 Å². The average molecular weight is 1710 g/mol. The fourth-order valence-electron chi connectivity index (χ4n) is 16.1. The Morgan fingerprint density at radius 1 is 0.362 bits per heavy atom. The van der Waals surface area contributed by atoms with Gasteiger partial charge in [-0.05, 0) is 179 Å². The molecule has 15 heterocycles. The summed E-state index contributed by atoms with van der Waals surface area (Å²) < 4.78 is 63.8. The molecule has 21 rings (SSSR count). The second kappa shape index (κ2) is 36.2. The number of imidazole rings is 1. The Hall–Kier alpha value is -15.4. The number of aromatic nitrogens is 13. The molecule has 0 radical (unpaired) electrons. The van der Waals surface area contributed by atoms with Gasteiger partial charge in [0, 0.05) is 185 Å². The average Bonchev–Trinajstić information content (AvgIpc) is 1.75. The van der Waals surface area contributed by atoms with Crippen LogP contribution in [0.2, 0.25) is 5.15 Å². The number of rotatable bonds is 15. The minimum atomic E-state index is -0.679. The standard InChI is InChI=1S/C22H16F2N4O.C21H18ClN3O.C20H17N3O.C19H16FN3O.C17H14FN5O/c1-27-12-26-19-5-4-13(9-21(19)27)14-7-17(23)16(18(24)8-14)10-28-11-20-15(22(28)29)3-2-6-25-20;1-13-8-15(18-9-14(2)20(22)24-10-18)5-6-16(13)11-25-12-17-4-3-7-23-19(17)21(25)26;1-14-11-16(15-6-9-21-10-7-15)4-5-17(14)12-23-13-18-3-2-8-22-19(18)20(23)24;1-22-18(8-9-21-22)13-6-7-15(17(20)10-13)12-23-11-14-4-2-3-5-16(14)19(23)24;1-22-8-13(7-21-22)12-5-14(18)15(20-6-12)10-23-9-11-3-2-4-19-16(11)17(23)24/h2-9,12H,10-11H2,1H3;3-10H,11-12H2,1-2H3;2-11H,12-13H2,1H3;2-10H,11-12H2,1H3;2-8H,9-10H2,1H3. The molecule has 6 aromatic carbocycles. The van der Waals surface area contributed by atoms with Crippen LogP contribution in [0.25, 0.3) is 66.8 Å². The van der Waals surface area contributed by atoms with Crippen LogP contribution in [0.15, 0.2) is 263 Å². The number of fused-ring (bicyclic) bond motifs is 6. The first-order valence-electron chi connectivity index (χ1n) is 40.8. The largest absolute Gasteiger partial charge is 0.334 e. The van der Waals surface area contributed by atoms with Gasteiger partial charge >= 0.3 is 0 Å². The molecular formula is C99H81ClF4N18O5. The fraction of sp³-hybridized carbons (Fsp3) is 0.162. The monoisotopic (exact) mass is 1710 g/mol. The van der Waals surface area contributed by atoms with Gasteiger partial charge in [0.15, 0.2) is 0 Å². The van der Waals surface area contributed by atoms with E-state index in [0.717, 1.165) is 94.6 Å². The van der Waals surface area contributed by atoms with Crippen molar-refractivity contribution < 1.29 is 41.5 Å². The molecule has 0 spiro atoms. The molecule has 0 aliphatic carbocycles. The number of hydrogen-bond acceptors (Lipinski definition) is 15. The van der Waals surface area contributed by atoms with Crippen molar-refractivity contribution in [2.75, 3.05) is 0 Å². The van der Waals surface area contributed by atoms with Crippen molar-refractivity contribution in [3.8, 4) is 55.8 Å². The van der Waals surface area contributed by atoms with Crippen LogP contribution < -0.4 is 0 Å². The Labute approximate surface area is 733 Å². The quantitative estimate of drug-likeness (QED) is 0.0684. The topological polar surface area (TPSA) is 245 Å². The van der Waals surface area contributed by atoms with Gasteiger partial charge in [-0.2, -0.15) is 10.2 Å². The van der Waals surface area contributed by atoms with Crippen LogP contribution in [-0.2, 0) is 86.6 Å². The van der Waals surface area contributed by atoms with E-state index in [0.29, 0.717) is 101 Å². The lowest BCUT2D eigenvalue weighted by Crippen LogP contribution is -2.24. The first kappa shape index (κ1) is 83.9. The molecule has 0 fully saturated rings. The molecule has 0 saturated heterocycles. The molecule has 127 heavy (non-hydrogen) atoms. The molecule has 16 aromatic rings. The molecule has 28 heteroatoms. The minimum Gasteiger partial charge on any atom is -0.334 e.